The van der Waals surface area contributed by atoms with E-state index in [0.717, 1.165) is 19.3 Å². The van der Waals surface area contributed by atoms with E-state index >= 15 is 0 Å². The van der Waals surface area contributed by atoms with E-state index in [1.165, 1.54) is 17.7 Å². The third-order valence-corrected chi connectivity index (χ3v) is 4.46. The first-order chi connectivity index (χ1) is 10.1. The second-order valence-electron chi connectivity index (χ2n) is 6.37. The van der Waals surface area contributed by atoms with Crippen LogP contribution in [-0.4, -0.2) is 36.5 Å². The Hall–Kier alpha value is -0.900. The number of hydrogen-bond acceptors (Lipinski definition) is 3. The molecule has 0 radical (unpaired) electrons. The van der Waals surface area contributed by atoms with Gasteiger partial charge in [0.15, 0.2) is 0 Å². The smallest absolute Gasteiger partial charge is 0.234 e. The molecule has 2 amide bonds. The zero-order chi connectivity index (χ0) is 15.8. The predicted octanol–water partition coefficient (Wildman–Crippen LogP) is 3.25. The fourth-order valence-electron chi connectivity index (χ4n) is 3.46. The molecule has 2 atom stereocenters. The Morgan fingerprint density at radius 2 is 1.90 bits per heavy atom. The first kappa shape index (κ1) is 18.1. The zero-order valence-corrected chi connectivity index (χ0v) is 14.0. The molecule has 0 aromatic carbocycles. The van der Waals surface area contributed by atoms with Crippen LogP contribution in [0.15, 0.2) is 0 Å². The van der Waals surface area contributed by atoms with Crippen LogP contribution >= 0.6 is 0 Å². The van der Waals surface area contributed by atoms with Crippen LogP contribution in [0.25, 0.3) is 0 Å². The molecule has 0 aromatic heterocycles. The molecule has 0 aromatic rings. The van der Waals surface area contributed by atoms with E-state index in [1.54, 1.807) is 0 Å². The van der Waals surface area contributed by atoms with Gasteiger partial charge in [-0.15, -0.1) is 0 Å². The van der Waals surface area contributed by atoms with Gasteiger partial charge in [0.1, 0.15) is 0 Å². The molecule has 2 unspecified atom stereocenters. The normalized spacial score (nSPS) is 18.7. The number of imide groups is 1. The van der Waals surface area contributed by atoms with Gasteiger partial charge in [-0.1, -0.05) is 33.6 Å². The van der Waals surface area contributed by atoms with Gasteiger partial charge in [-0.2, -0.15) is 0 Å². The molecule has 1 aliphatic carbocycles. The second-order valence-corrected chi connectivity index (χ2v) is 6.37. The molecular formula is C17H31NO3. The maximum absolute atomic E-state index is 12.8. The first-order valence-electron chi connectivity index (χ1n) is 8.44. The molecule has 0 aliphatic heterocycles. The van der Waals surface area contributed by atoms with E-state index in [4.69, 9.17) is 4.74 Å². The van der Waals surface area contributed by atoms with Crippen LogP contribution in [0.2, 0.25) is 0 Å². The van der Waals surface area contributed by atoms with Crippen molar-refractivity contribution >= 4 is 12.3 Å². The summed E-state index contributed by atoms with van der Waals surface area (Å²) in [6, 6.07) is 0. The summed E-state index contributed by atoms with van der Waals surface area (Å²) in [5, 5.41) is 0. The highest BCUT2D eigenvalue weighted by molar-refractivity contribution is 5.88. The summed E-state index contributed by atoms with van der Waals surface area (Å²) in [5.41, 5.74) is 0. The van der Waals surface area contributed by atoms with E-state index in [-0.39, 0.29) is 23.8 Å². The van der Waals surface area contributed by atoms with Gasteiger partial charge >= 0.3 is 0 Å². The molecule has 1 aliphatic rings. The Labute approximate surface area is 129 Å². The molecule has 1 fully saturated rings. The number of ether oxygens (including phenoxy) is 1. The lowest BCUT2D eigenvalue weighted by atomic mass is 9.81. The zero-order valence-electron chi connectivity index (χ0n) is 14.0. The summed E-state index contributed by atoms with van der Waals surface area (Å²) in [4.78, 5) is 25.4. The van der Waals surface area contributed by atoms with E-state index < -0.39 is 0 Å². The van der Waals surface area contributed by atoms with E-state index in [2.05, 4.69) is 13.8 Å². The average molecular weight is 297 g/mol. The number of hydrogen-bond donors (Lipinski definition) is 0. The summed E-state index contributed by atoms with van der Waals surface area (Å²) < 4.78 is 5.98. The summed E-state index contributed by atoms with van der Waals surface area (Å²) in [7, 11) is 0. The van der Waals surface area contributed by atoms with Crippen molar-refractivity contribution in [1.29, 1.82) is 0 Å². The van der Waals surface area contributed by atoms with Gasteiger partial charge in [-0.25, -0.2) is 0 Å². The summed E-state index contributed by atoms with van der Waals surface area (Å²) in [6.45, 7) is 9.18. The lowest BCUT2D eigenvalue weighted by Gasteiger charge is -2.35. The van der Waals surface area contributed by atoms with Crippen molar-refractivity contribution in [2.24, 2.45) is 17.8 Å². The minimum atomic E-state index is -0.218. The highest BCUT2D eigenvalue weighted by Gasteiger charge is 2.39. The van der Waals surface area contributed by atoms with Gasteiger partial charge < -0.3 is 4.74 Å². The lowest BCUT2D eigenvalue weighted by Crippen LogP contribution is -2.46. The minimum absolute atomic E-state index is 0.0516. The first-order valence-corrected chi connectivity index (χ1v) is 8.44. The average Bonchev–Trinajstić information content (AvgIpc) is 2.97. The minimum Gasteiger partial charge on any atom is -0.377 e. The highest BCUT2D eigenvalue weighted by Crippen LogP contribution is 2.36. The molecule has 0 bridgehead atoms. The van der Waals surface area contributed by atoms with Crippen LogP contribution < -0.4 is 0 Å². The molecule has 4 nitrogen and oxygen atoms in total. The Balaban J connectivity index is 2.94. The van der Waals surface area contributed by atoms with Gasteiger partial charge in [-0.3, -0.25) is 14.5 Å². The quantitative estimate of drug-likeness (QED) is 0.614. The molecule has 122 valence electrons. The Morgan fingerprint density at radius 1 is 1.29 bits per heavy atom. The summed E-state index contributed by atoms with van der Waals surface area (Å²) >= 11 is 0. The van der Waals surface area contributed by atoms with Gasteiger partial charge in [0.2, 0.25) is 12.3 Å². The number of amides is 2. The van der Waals surface area contributed by atoms with Gasteiger partial charge in [0.25, 0.3) is 0 Å². The number of rotatable bonds is 9. The van der Waals surface area contributed by atoms with Crippen molar-refractivity contribution in [3.63, 3.8) is 0 Å². The molecule has 0 saturated heterocycles. The van der Waals surface area contributed by atoms with Crippen LogP contribution in [0, 0.1) is 17.8 Å². The van der Waals surface area contributed by atoms with Crippen LogP contribution in [0.4, 0.5) is 0 Å². The van der Waals surface area contributed by atoms with Gasteiger partial charge in [0, 0.05) is 13.2 Å². The SMILES string of the molecule is CCCN(C=O)C(=O)C(C(C)C)C(OCC)C1CCCC1. The second kappa shape index (κ2) is 9.19. The maximum atomic E-state index is 12.8. The molecule has 1 rings (SSSR count). The third-order valence-electron chi connectivity index (χ3n) is 4.46. The fourth-order valence-corrected chi connectivity index (χ4v) is 3.46. The number of nitrogens with zero attached hydrogens (tertiary/aromatic N) is 1. The van der Waals surface area contributed by atoms with Crippen molar-refractivity contribution in [1.82, 2.24) is 4.90 Å². The van der Waals surface area contributed by atoms with Crippen molar-refractivity contribution in [3.05, 3.63) is 0 Å². The molecule has 0 spiro atoms. The Morgan fingerprint density at radius 3 is 2.33 bits per heavy atom. The molecule has 0 heterocycles. The topological polar surface area (TPSA) is 46.6 Å². The van der Waals surface area contributed by atoms with Crippen LogP contribution in [0.1, 0.15) is 59.8 Å². The molecule has 0 N–H and O–H groups in total. The van der Waals surface area contributed by atoms with Gasteiger partial charge in [0.05, 0.1) is 12.0 Å². The van der Waals surface area contributed by atoms with Crippen LogP contribution in [0.3, 0.4) is 0 Å². The summed E-state index contributed by atoms with van der Waals surface area (Å²) in [5.74, 6) is 0.349. The van der Waals surface area contributed by atoms with Crippen LogP contribution in [-0.2, 0) is 14.3 Å². The molecular weight excluding hydrogens is 266 g/mol. The van der Waals surface area contributed by atoms with E-state index in [0.29, 0.717) is 25.5 Å². The lowest BCUT2D eigenvalue weighted by molar-refractivity contribution is -0.149. The van der Waals surface area contributed by atoms with Crippen LogP contribution in [0.5, 0.6) is 0 Å². The van der Waals surface area contributed by atoms with Crippen molar-refractivity contribution < 1.29 is 14.3 Å². The largest absolute Gasteiger partial charge is 0.377 e. The monoisotopic (exact) mass is 297 g/mol. The molecule has 4 heteroatoms. The Bertz CT molecular complexity index is 324. The Kier molecular flexibility index (Phi) is 7.94. The standard InChI is InChI=1S/C17H31NO3/c1-5-11-18(12-19)17(20)15(13(3)4)16(21-6-2)14-9-7-8-10-14/h12-16H,5-11H2,1-4H3. The van der Waals surface area contributed by atoms with Crippen molar-refractivity contribution in [3.8, 4) is 0 Å². The predicted molar refractivity (Wildman–Crippen MR) is 83.8 cm³/mol. The van der Waals surface area contributed by atoms with E-state index in [9.17, 15) is 9.59 Å². The highest BCUT2D eigenvalue weighted by atomic mass is 16.5. The van der Waals surface area contributed by atoms with Gasteiger partial charge in [-0.05, 0) is 38.0 Å². The van der Waals surface area contributed by atoms with E-state index in [1.807, 2.05) is 13.8 Å². The van der Waals surface area contributed by atoms with Crippen molar-refractivity contribution in [2.75, 3.05) is 13.2 Å². The molecule has 21 heavy (non-hydrogen) atoms. The fraction of sp³-hybridized carbons (Fsp3) is 0.882. The number of carbonyl (C=O) groups is 2. The third kappa shape index (κ3) is 4.80. The number of carbonyl (C=O) groups excluding carboxylic acids is 2. The molecule has 1 saturated carbocycles. The van der Waals surface area contributed by atoms with Crippen molar-refractivity contribution in [2.45, 2.75) is 65.9 Å². The summed E-state index contributed by atoms with van der Waals surface area (Å²) in [6.07, 6.45) is 6.13. The maximum Gasteiger partial charge on any atom is 0.234 e.